The zero-order valence-corrected chi connectivity index (χ0v) is 15.4. The topological polar surface area (TPSA) is 114 Å². The Balaban J connectivity index is 2.50. The number of amides is 2. The fourth-order valence-electron chi connectivity index (χ4n) is 1.85. The summed E-state index contributed by atoms with van der Waals surface area (Å²) in [5.41, 5.74) is 0.0821. The quantitative estimate of drug-likeness (QED) is 0.623. The van der Waals surface area contributed by atoms with Crippen LogP contribution in [-0.2, 0) is 25.7 Å². The molecule has 0 fully saturated rings. The molecule has 0 saturated heterocycles. The normalized spacial score (nSPS) is 13.3. The summed E-state index contributed by atoms with van der Waals surface area (Å²) in [6.07, 6.45) is -0.757. The lowest BCUT2D eigenvalue weighted by Gasteiger charge is -2.22. The first-order chi connectivity index (χ1) is 12.1. The second kappa shape index (κ2) is 9.76. The Hall–Kier alpha value is -2.61. The molecule has 0 spiro atoms. The van der Waals surface area contributed by atoms with Crippen LogP contribution in [0.25, 0.3) is 0 Å². The molecule has 0 aliphatic heterocycles. The Kier molecular flexibility index (Phi) is 8.05. The van der Waals surface area contributed by atoms with E-state index in [1.54, 1.807) is 45.0 Å². The molecule has 8 heteroatoms. The van der Waals surface area contributed by atoms with E-state index in [2.05, 4.69) is 10.6 Å². The minimum absolute atomic E-state index is 0.0256. The lowest BCUT2D eigenvalue weighted by molar-refractivity contribution is -0.150. The van der Waals surface area contributed by atoms with Crippen LogP contribution in [0, 0.1) is 0 Å². The summed E-state index contributed by atoms with van der Waals surface area (Å²) in [5.74, 6) is -1.42. The third-order valence-corrected chi connectivity index (χ3v) is 3.13. The van der Waals surface area contributed by atoms with Crippen LogP contribution in [0.4, 0.5) is 4.79 Å². The molecule has 1 aromatic rings. The molecular formula is C18H26N2O6. The maximum absolute atomic E-state index is 12.1. The van der Waals surface area contributed by atoms with E-state index in [1.165, 1.54) is 6.92 Å². The van der Waals surface area contributed by atoms with Crippen molar-refractivity contribution in [2.24, 2.45) is 0 Å². The molecular weight excluding hydrogens is 340 g/mol. The van der Waals surface area contributed by atoms with E-state index in [0.717, 1.165) is 5.56 Å². The maximum atomic E-state index is 12.1. The zero-order valence-electron chi connectivity index (χ0n) is 15.4. The summed E-state index contributed by atoms with van der Waals surface area (Å²) in [6, 6.07) is 6.83. The standard InChI is InChI=1S/C18H26N2O6/c1-12(19-17(24)26-18(2,3)4)15(22)20-14(10-21)16(23)25-11-13-8-6-5-7-9-13/h5-9,12,14,21H,10-11H2,1-4H3,(H,19,24)(H,20,22)/t12-,14-/m0/s1. The van der Waals surface area contributed by atoms with Gasteiger partial charge in [-0.05, 0) is 33.3 Å². The Morgan fingerprint density at radius 2 is 1.73 bits per heavy atom. The highest BCUT2D eigenvalue weighted by molar-refractivity contribution is 5.89. The number of hydrogen-bond donors (Lipinski definition) is 3. The number of carbonyl (C=O) groups excluding carboxylic acids is 3. The molecule has 0 bridgehead atoms. The largest absolute Gasteiger partial charge is 0.459 e. The van der Waals surface area contributed by atoms with Crippen molar-refractivity contribution < 1.29 is 29.0 Å². The van der Waals surface area contributed by atoms with Crippen molar-refractivity contribution >= 4 is 18.0 Å². The van der Waals surface area contributed by atoms with Gasteiger partial charge >= 0.3 is 12.1 Å². The molecule has 26 heavy (non-hydrogen) atoms. The van der Waals surface area contributed by atoms with Gasteiger partial charge in [-0.1, -0.05) is 30.3 Å². The molecule has 0 radical (unpaired) electrons. The number of hydrogen-bond acceptors (Lipinski definition) is 6. The summed E-state index contributed by atoms with van der Waals surface area (Å²) < 4.78 is 10.1. The molecule has 0 aliphatic carbocycles. The lowest BCUT2D eigenvalue weighted by Crippen LogP contribution is -2.52. The number of alkyl carbamates (subject to hydrolysis) is 1. The number of aliphatic hydroxyl groups is 1. The highest BCUT2D eigenvalue weighted by Crippen LogP contribution is 2.07. The summed E-state index contributed by atoms with van der Waals surface area (Å²) in [6.45, 7) is 5.92. The van der Waals surface area contributed by atoms with Gasteiger partial charge in [0.2, 0.25) is 5.91 Å². The molecule has 3 N–H and O–H groups in total. The molecule has 0 unspecified atom stereocenters. The van der Waals surface area contributed by atoms with Gasteiger partial charge in [0.05, 0.1) is 6.61 Å². The average Bonchev–Trinajstić information content (AvgIpc) is 2.56. The minimum atomic E-state index is -1.23. The molecule has 144 valence electrons. The number of rotatable bonds is 7. The Bertz CT molecular complexity index is 612. The minimum Gasteiger partial charge on any atom is -0.459 e. The van der Waals surface area contributed by atoms with Gasteiger partial charge < -0.3 is 25.2 Å². The van der Waals surface area contributed by atoms with Crippen molar-refractivity contribution in [1.29, 1.82) is 0 Å². The molecule has 2 atom stereocenters. The van der Waals surface area contributed by atoms with E-state index in [9.17, 15) is 19.5 Å². The van der Waals surface area contributed by atoms with Crippen molar-refractivity contribution in [3.8, 4) is 0 Å². The highest BCUT2D eigenvalue weighted by Gasteiger charge is 2.26. The maximum Gasteiger partial charge on any atom is 0.408 e. The molecule has 0 aromatic heterocycles. The summed E-state index contributed by atoms with van der Waals surface area (Å²) >= 11 is 0. The summed E-state index contributed by atoms with van der Waals surface area (Å²) in [7, 11) is 0. The van der Waals surface area contributed by atoms with E-state index in [-0.39, 0.29) is 6.61 Å². The van der Waals surface area contributed by atoms with Crippen molar-refractivity contribution in [3.05, 3.63) is 35.9 Å². The first kappa shape index (κ1) is 21.4. The van der Waals surface area contributed by atoms with Crippen LogP contribution in [0.1, 0.15) is 33.3 Å². The van der Waals surface area contributed by atoms with Crippen molar-refractivity contribution in [2.75, 3.05) is 6.61 Å². The van der Waals surface area contributed by atoms with Gasteiger partial charge in [0.15, 0.2) is 6.04 Å². The number of esters is 1. The van der Waals surface area contributed by atoms with Gasteiger partial charge in [-0.25, -0.2) is 9.59 Å². The molecule has 2 amide bonds. The predicted molar refractivity (Wildman–Crippen MR) is 94.1 cm³/mol. The highest BCUT2D eigenvalue weighted by atomic mass is 16.6. The molecule has 1 rings (SSSR count). The second-order valence-electron chi connectivity index (χ2n) is 6.70. The van der Waals surface area contributed by atoms with Crippen LogP contribution in [0.5, 0.6) is 0 Å². The van der Waals surface area contributed by atoms with Gasteiger partial charge in [-0.3, -0.25) is 4.79 Å². The van der Waals surface area contributed by atoms with Gasteiger partial charge in [-0.15, -0.1) is 0 Å². The SMILES string of the molecule is C[C@H](NC(=O)OC(C)(C)C)C(=O)N[C@@H](CO)C(=O)OCc1ccccc1. The number of benzene rings is 1. The molecule has 0 saturated carbocycles. The van der Waals surface area contributed by atoms with Crippen LogP contribution < -0.4 is 10.6 Å². The van der Waals surface area contributed by atoms with Crippen LogP contribution in [0.2, 0.25) is 0 Å². The van der Waals surface area contributed by atoms with Crippen molar-refractivity contribution in [1.82, 2.24) is 10.6 Å². The predicted octanol–water partition coefficient (Wildman–Crippen LogP) is 1.12. The molecule has 8 nitrogen and oxygen atoms in total. The second-order valence-corrected chi connectivity index (χ2v) is 6.70. The smallest absolute Gasteiger partial charge is 0.408 e. The van der Waals surface area contributed by atoms with E-state index in [1.807, 2.05) is 6.07 Å². The Labute approximate surface area is 152 Å². The monoisotopic (exact) mass is 366 g/mol. The summed E-state index contributed by atoms with van der Waals surface area (Å²) in [5, 5.41) is 14.0. The van der Waals surface area contributed by atoms with Crippen LogP contribution in [-0.4, -0.2) is 47.4 Å². The molecule has 0 heterocycles. The van der Waals surface area contributed by atoms with E-state index in [4.69, 9.17) is 9.47 Å². The van der Waals surface area contributed by atoms with Gasteiger partial charge in [0.1, 0.15) is 18.2 Å². The van der Waals surface area contributed by atoms with E-state index >= 15 is 0 Å². The van der Waals surface area contributed by atoms with Gasteiger partial charge in [-0.2, -0.15) is 0 Å². The number of nitrogens with one attached hydrogen (secondary N) is 2. The fraction of sp³-hybridized carbons (Fsp3) is 0.500. The van der Waals surface area contributed by atoms with Crippen molar-refractivity contribution in [2.45, 2.75) is 52.0 Å². The number of carbonyl (C=O) groups is 3. The third-order valence-electron chi connectivity index (χ3n) is 3.13. The fourth-order valence-corrected chi connectivity index (χ4v) is 1.85. The molecule has 1 aromatic carbocycles. The first-order valence-electron chi connectivity index (χ1n) is 8.23. The summed E-state index contributed by atoms with van der Waals surface area (Å²) in [4.78, 5) is 35.8. The van der Waals surface area contributed by atoms with Crippen molar-refractivity contribution in [3.63, 3.8) is 0 Å². The average molecular weight is 366 g/mol. The van der Waals surface area contributed by atoms with Gasteiger partial charge in [0, 0.05) is 0 Å². The Morgan fingerprint density at radius 3 is 2.27 bits per heavy atom. The van der Waals surface area contributed by atoms with Gasteiger partial charge in [0.25, 0.3) is 0 Å². The molecule has 0 aliphatic rings. The first-order valence-corrected chi connectivity index (χ1v) is 8.23. The zero-order chi connectivity index (χ0) is 19.7. The number of aliphatic hydroxyl groups excluding tert-OH is 1. The van der Waals surface area contributed by atoms with E-state index < -0.39 is 42.3 Å². The van der Waals surface area contributed by atoms with Crippen LogP contribution in [0.15, 0.2) is 30.3 Å². The Morgan fingerprint density at radius 1 is 1.12 bits per heavy atom. The van der Waals surface area contributed by atoms with E-state index in [0.29, 0.717) is 0 Å². The van der Waals surface area contributed by atoms with Crippen LogP contribution in [0.3, 0.4) is 0 Å². The third kappa shape index (κ3) is 7.98. The lowest BCUT2D eigenvalue weighted by atomic mass is 10.2. The number of ether oxygens (including phenoxy) is 2. The van der Waals surface area contributed by atoms with Crippen LogP contribution >= 0.6 is 0 Å².